The first-order valence-electron chi connectivity index (χ1n) is 12.9. The number of nitrogens with zero attached hydrogens (tertiary/aromatic N) is 2. The summed E-state index contributed by atoms with van der Waals surface area (Å²) in [6.45, 7) is 7.00. The van der Waals surface area contributed by atoms with Crippen molar-refractivity contribution in [3.8, 4) is 0 Å². The zero-order valence-electron chi connectivity index (χ0n) is 21.3. The molecule has 0 amide bonds. The molecule has 196 valence electrons. The Bertz CT molecular complexity index is 1320. The molecule has 2 fully saturated rings. The van der Waals surface area contributed by atoms with Crippen LogP contribution in [0.3, 0.4) is 0 Å². The van der Waals surface area contributed by atoms with Gasteiger partial charge in [-0.2, -0.15) is 0 Å². The summed E-state index contributed by atoms with van der Waals surface area (Å²) >= 11 is 0.188. The van der Waals surface area contributed by atoms with Gasteiger partial charge in [0.1, 0.15) is 0 Å². The van der Waals surface area contributed by atoms with E-state index < -0.39 is 0 Å². The number of rotatable bonds is 3. The summed E-state index contributed by atoms with van der Waals surface area (Å²) in [7, 11) is 0. The van der Waals surface area contributed by atoms with Gasteiger partial charge in [0.05, 0.1) is 0 Å². The Labute approximate surface area is 237 Å². The SMILES string of the molecule is Nc1ccc(C2=CC(c3ccc(N4CCOCC4)cc3)=CC(=C3C=CC(=[N+]4CCOCC4)C=C3)[Se]2)cc1.[Cl-]. The monoisotopic (exact) mass is 593 g/mol. The van der Waals surface area contributed by atoms with E-state index in [1.807, 2.05) is 12.1 Å². The summed E-state index contributed by atoms with van der Waals surface area (Å²) < 4.78 is 16.2. The molecule has 4 aliphatic rings. The number of ether oxygens (including phenoxy) is 2. The fourth-order valence-electron chi connectivity index (χ4n) is 4.94. The first-order valence-corrected chi connectivity index (χ1v) is 14.6. The fourth-order valence-corrected chi connectivity index (χ4v) is 7.29. The van der Waals surface area contributed by atoms with E-state index >= 15 is 0 Å². The van der Waals surface area contributed by atoms with Crippen LogP contribution < -0.4 is 23.0 Å². The van der Waals surface area contributed by atoms with Crippen molar-refractivity contribution in [1.82, 2.24) is 0 Å². The molecule has 0 radical (unpaired) electrons. The first kappa shape index (κ1) is 26.7. The predicted octanol–water partition coefficient (Wildman–Crippen LogP) is 1.12. The van der Waals surface area contributed by atoms with Crippen LogP contribution in [0.1, 0.15) is 11.1 Å². The molecule has 6 rings (SSSR count). The van der Waals surface area contributed by atoms with Gasteiger partial charge < -0.3 is 12.4 Å². The van der Waals surface area contributed by atoms with E-state index in [2.05, 4.69) is 82.3 Å². The number of morpholine rings is 2. The Hall–Kier alpha value is -2.86. The normalized spacial score (nSPS) is 19.7. The van der Waals surface area contributed by atoms with E-state index in [-0.39, 0.29) is 27.4 Å². The van der Waals surface area contributed by atoms with Crippen molar-refractivity contribution in [2.45, 2.75) is 0 Å². The van der Waals surface area contributed by atoms with Crippen LogP contribution in [0, 0.1) is 0 Å². The summed E-state index contributed by atoms with van der Waals surface area (Å²) in [5, 5.41) is 0. The molecule has 2 saturated heterocycles. The van der Waals surface area contributed by atoms with Crippen molar-refractivity contribution in [3.05, 3.63) is 106 Å². The van der Waals surface area contributed by atoms with Gasteiger partial charge in [-0.3, -0.25) is 0 Å². The topological polar surface area (TPSA) is 50.7 Å². The third-order valence-electron chi connectivity index (χ3n) is 7.09. The van der Waals surface area contributed by atoms with Gasteiger partial charge >= 0.3 is 226 Å². The molecule has 1 aliphatic carbocycles. The summed E-state index contributed by atoms with van der Waals surface area (Å²) in [5.41, 5.74) is 14.3. The molecule has 5 nitrogen and oxygen atoms in total. The number of benzene rings is 2. The largest absolute Gasteiger partial charge is 1.00 e. The quantitative estimate of drug-likeness (QED) is 0.330. The molecule has 2 aromatic rings. The van der Waals surface area contributed by atoms with Gasteiger partial charge in [0, 0.05) is 0 Å². The second-order valence-corrected chi connectivity index (χ2v) is 11.8. The van der Waals surface area contributed by atoms with Crippen LogP contribution in [-0.4, -0.2) is 77.9 Å². The van der Waals surface area contributed by atoms with Crippen LogP contribution in [0.2, 0.25) is 0 Å². The standard InChI is InChI=1S/C31H31N3O2Se.ClH/c32-27-7-1-24(2-8-27)30-21-26(23-3-9-28(10-4-23)33-13-17-35-18-14-33)22-31(37-30)25-5-11-29(12-6-25)34-15-19-36-20-16-34;/h1-12,21-22,32H,13-20H2;1H. The average Bonchev–Trinajstić information content (AvgIpc) is 2.98. The van der Waals surface area contributed by atoms with Gasteiger partial charge in [-0.25, -0.2) is 0 Å². The minimum atomic E-state index is 0. The average molecular weight is 593 g/mol. The maximum atomic E-state index is 5.99. The van der Waals surface area contributed by atoms with Gasteiger partial charge in [-0.15, -0.1) is 0 Å². The van der Waals surface area contributed by atoms with Crippen molar-refractivity contribution in [2.75, 3.05) is 63.2 Å². The number of halogens is 1. The van der Waals surface area contributed by atoms with Crippen LogP contribution >= 0.6 is 0 Å². The number of hydrogen-bond acceptors (Lipinski definition) is 4. The summed E-state index contributed by atoms with van der Waals surface area (Å²) in [6.07, 6.45) is 13.8. The van der Waals surface area contributed by atoms with Gasteiger partial charge in [0.25, 0.3) is 0 Å². The molecule has 3 heterocycles. The molecule has 0 saturated carbocycles. The maximum Gasteiger partial charge on any atom is -1.00 e. The van der Waals surface area contributed by atoms with Gasteiger partial charge in [-0.05, 0) is 0 Å². The molecule has 7 heteroatoms. The van der Waals surface area contributed by atoms with E-state index in [1.165, 1.54) is 42.6 Å². The molecule has 0 unspecified atom stereocenters. The minimum absolute atomic E-state index is 0. The van der Waals surface area contributed by atoms with E-state index in [0.29, 0.717) is 0 Å². The van der Waals surface area contributed by atoms with Crippen molar-refractivity contribution in [1.29, 1.82) is 0 Å². The van der Waals surface area contributed by atoms with Crippen LogP contribution in [0.25, 0.3) is 10.0 Å². The Balaban J connectivity index is 0.00000294. The Morgan fingerprint density at radius 3 is 2.05 bits per heavy atom. The van der Waals surface area contributed by atoms with Gasteiger partial charge in [0.15, 0.2) is 0 Å². The van der Waals surface area contributed by atoms with Crippen LogP contribution in [0.15, 0.2) is 95.0 Å². The van der Waals surface area contributed by atoms with Crippen LogP contribution in [0.4, 0.5) is 11.4 Å². The first-order chi connectivity index (χ1) is 18.2. The van der Waals surface area contributed by atoms with E-state index in [9.17, 15) is 0 Å². The molecule has 38 heavy (non-hydrogen) atoms. The Kier molecular flexibility index (Phi) is 8.68. The third-order valence-corrected chi connectivity index (χ3v) is 9.50. The molecule has 0 bridgehead atoms. The molecular formula is C31H32ClN3O2Se. The summed E-state index contributed by atoms with van der Waals surface area (Å²) in [6, 6.07) is 17.3. The predicted molar refractivity (Wildman–Crippen MR) is 153 cm³/mol. The summed E-state index contributed by atoms with van der Waals surface area (Å²) in [5.74, 6) is 0. The Morgan fingerprint density at radius 1 is 0.737 bits per heavy atom. The van der Waals surface area contributed by atoms with Crippen molar-refractivity contribution in [2.24, 2.45) is 0 Å². The molecule has 2 aromatic carbocycles. The van der Waals surface area contributed by atoms with Crippen molar-refractivity contribution >= 4 is 42.1 Å². The van der Waals surface area contributed by atoms with E-state index in [0.717, 1.165) is 58.3 Å². The molecule has 0 spiro atoms. The van der Waals surface area contributed by atoms with Crippen LogP contribution in [0.5, 0.6) is 0 Å². The fraction of sp³-hybridized carbons (Fsp3) is 0.258. The molecule has 2 N–H and O–H groups in total. The van der Waals surface area contributed by atoms with Crippen molar-refractivity contribution in [3.63, 3.8) is 0 Å². The number of allylic oxidation sites excluding steroid dienone is 9. The van der Waals surface area contributed by atoms with Crippen molar-refractivity contribution < 1.29 is 26.5 Å². The third kappa shape index (κ3) is 6.06. The van der Waals surface area contributed by atoms with Gasteiger partial charge in [0.2, 0.25) is 0 Å². The number of nitrogen functional groups attached to an aromatic ring is 1. The van der Waals surface area contributed by atoms with E-state index in [4.69, 9.17) is 15.2 Å². The zero-order valence-corrected chi connectivity index (χ0v) is 23.8. The number of anilines is 2. The second kappa shape index (κ2) is 12.3. The van der Waals surface area contributed by atoms with E-state index in [1.54, 1.807) is 0 Å². The van der Waals surface area contributed by atoms with Crippen LogP contribution in [-0.2, 0) is 9.47 Å². The molecular weight excluding hydrogens is 561 g/mol. The smallest absolute Gasteiger partial charge is 1.00 e. The molecule has 3 aliphatic heterocycles. The molecule has 0 atom stereocenters. The summed E-state index contributed by atoms with van der Waals surface area (Å²) in [4.78, 5) is 2.40. The minimum Gasteiger partial charge on any atom is -1.00 e. The maximum absolute atomic E-state index is 5.99. The zero-order chi connectivity index (χ0) is 25.0. The second-order valence-electron chi connectivity index (χ2n) is 9.49. The van der Waals surface area contributed by atoms with Gasteiger partial charge in [-0.1, -0.05) is 0 Å². The molecule has 0 aromatic heterocycles. The number of nitrogens with two attached hydrogens (primary N) is 1. The Morgan fingerprint density at radius 2 is 1.37 bits per heavy atom. The number of hydrogen-bond donors (Lipinski definition) is 1.